The molecule has 1 N–H and O–H groups in total. The van der Waals surface area contributed by atoms with Crippen LogP contribution in [0.2, 0.25) is 0 Å². The first kappa shape index (κ1) is 16.3. The van der Waals surface area contributed by atoms with Crippen LogP contribution in [0.3, 0.4) is 0 Å². The van der Waals surface area contributed by atoms with Gasteiger partial charge < -0.3 is 14.7 Å². The van der Waals surface area contributed by atoms with E-state index in [1.807, 2.05) is 20.8 Å². The molecule has 1 amide bonds. The lowest BCUT2D eigenvalue weighted by molar-refractivity contribution is 0.00662. The Morgan fingerprint density at radius 1 is 1.37 bits per heavy atom. The Morgan fingerprint density at radius 3 is 2.42 bits per heavy atom. The van der Waals surface area contributed by atoms with Gasteiger partial charge in [-0.2, -0.15) is 0 Å². The molecule has 0 radical (unpaired) electrons. The van der Waals surface area contributed by atoms with Gasteiger partial charge in [-0.3, -0.25) is 0 Å². The molecule has 1 aliphatic rings. The molecule has 0 aromatic carbocycles. The van der Waals surface area contributed by atoms with Crippen molar-refractivity contribution in [1.82, 2.24) is 4.90 Å². The fraction of sp³-hybridized carbons (Fsp3) is 0.933. The number of aliphatic hydroxyl groups is 1. The Balaban J connectivity index is 2.34. The zero-order chi connectivity index (χ0) is 14.5. The number of likely N-dealkylation sites (tertiary alicyclic amines) is 1. The molecule has 4 nitrogen and oxygen atoms in total. The highest BCUT2D eigenvalue weighted by atomic mass is 16.6. The first-order valence-corrected chi connectivity index (χ1v) is 7.49. The third-order valence-electron chi connectivity index (χ3n) is 3.59. The van der Waals surface area contributed by atoms with Crippen molar-refractivity contribution in [2.24, 2.45) is 5.92 Å². The molecular weight excluding hydrogens is 242 g/mol. The van der Waals surface area contributed by atoms with Crippen LogP contribution >= 0.6 is 0 Å². The summed E-state index contributed by atoms with van der Waals surface area (Å²) in [5.41, 5.74) is -0.436. The van der Waals surface area contributed by atoms with Crippen LogP contribution in [0, 0.1) is 5.92 Å². The quantitative estimate of drug-likeness (QED) is 0.854. The number of hydrogen-bond donors (Lipinski definition) is 1. The summed E-state index contributed by atoms with van der Waals surface area (Å²) >= 11 is 0. The Hall–Kier alpha value is -0.770. The predicted molar refractivity (Wildman–Crippen MR) is 76.1 cm³/mol. The Bertz CT molecular complexity index is 278. The summed E-state index contributed by atoms with van der Waals surface area (Å²) in [6.45, 7) is 9.17. The number of nitrogens with zero attached hydrogens (tertiary/aromatic N) is 1. The first-order chi connectivity index (χ1) is 8.83. The number of carbonyl (C=O) groups excluding carboxylic acids is 1. The van der Waals surface area contributed by atoms with E-state index in [4.69, 9.17) is 4.74 Å². The summed E-state index contributed by atoms with van der Waals surface area (Å²) in [6.07, 6.45) is 4.40. The molecule has 112 valence electrons. The fourth-order valence-electron chi connectivity index (χ4n) is 2.44. The summed E-state index contributed by atoms with van der Waals surface area (Å²) in [5.74, 6) is 0.338. The van der Waals surface area contributed by atoms with Crippen molar-refractivity contribution in [3.05, 3.63) is 0 Å². The lowest BCUT2D eigenvalue weighted by Crippen LogP contribution is -2.43. The molecule has 1 aliphatic heterocycles. The van der Waals surface area contributed by atoms with Gasteiger partial charge in [0.05, 0.1) is 6.10 Å². The lowest BCUT2D eigenvalue weighted by Gasteiger charge is -2.35. The van der Waals surface area contributed by atoms with Crippen molar-refractivity contribution in [3.8, 4) is 0 Å². The van der Waals surface area contributed by atoms with Crippen LogP contribution in [0.4, 0.5) is 4.79 Å². The highest BCUT2D eigenvalue weighted by Crippen LogP contribution is 2.24. The van der Waals surface area contributed by atoms with Crippen molar-refractivity contribution in [1.29, 1.82) is 0 Å². The summed E-state index contributed by atoms with van der Waals surface area (Å²) in [6, 6.07) is 0. The average molecular weight is 271 g/mol. The number of hydrogen-bond acceptors (Lipinski definition) is 3. The molecule has 0 saturated carbocycles. The van der Waals surface area contributed by atoms with Gasteiger partial charge in [-0.25, -0.2) is 4.79 Å². The second-order valence-electron chi connectivity index (χ2n) is 6.51. The number of unbranched alkanes of at least 4 members (excludes halogenated alkanes) is 1. The van der Waals surface area contributed by atoms with Crippen LogP contribution in [0.5, 0.6) is 0 Å². The van der Waals surface area contributed by atoms with Gasteiger partial charge in [0.25, 0.3) is 0 Å². The number of amides is 1. The van der Waals surface area contributed by atoms with E-state index in [9.17, 15) is 9.90 Å². The lowest BCUT2D eigenvalue weighted by atomic mass is 9.89. The van der Waals surface area contributed by atoms with Gasteiger partial charge in [-0.1, -0.05) is 19.8 Å². The van der Waals surface area contributed by atoms with Crippen LogP contribution in [0.1, 0.15) is 59.8 Å². The Labute approximate surface area is 117 Å². The monoisotopic (exact) mass is 271 g/mol. The SMILES string of the molecule is CCCCC(O)C1CCN(C(=O)OC(C)(C)C)CC1. The van der Waals surface area contributed by atoms with E-state index < -0.39 is 5.60 Å². The summed E-state index contributed by atoms with van der Waals surface area (Å²) in [7, 11) is 0. The van der Waals surface area contributed by atoms with Crippen LogP contribution in [-0.2, 0) is 4.74 Å². The molecule has 0 aromatic heterocycles. The van der Waals surface area contributed by atoms with Gasteiger partial charge >= 0.3 is 6.09 Å². The van der Waals surface area contributed by atoms with Crippen molar-refractivity contribution in [2.75, 3.05) is 13.1 Å². The predicted octanol–water partition coefficient (Wildman–Crippen LogP) is 3.18. The molecule has 1 fully saturated rings. The van der Waals surface area contributed by atoms with Crippen molar-refractivity contribution in [2.45, 2.75) is 71.5 Å². The second kappa shape index (κ2) is 7.13. The van der Waals surface area contributed by atoms with Crippen molar-refractivity contribution in [3.63, 3.8) is 0 Å². The molecule has 19 heavy (non-hydrogen) atoms. The molecule has 0 aliphatic carbocycles. The summed E-state index contributed by atoms with van der Waals surface area (Å²) in [4.78, 5) is 13.7. The smallest absolute Gasteiger partial charge is 0.410 e. The third-order valence-corrected chi connectivity index (χ3v) is 3.59. The van der Waals surface area contributed by atoms with Gasteiger partial charge in [-0.05, 0) is 46.0 Å². The number of aliphatic hydroxyl groups excluding tert-OH is 1. The maximum atomic E-state index is 11.9. The van der Waals surface area contributed by atoms with Crippen molar-refractivity contribution >= 4 is 6.09 Å². The summed E-state index contributed by atoms with van der Waals surface area (Å²) in [5, 5.41) is 10.1. The van der Waals surface area contributed by atoms with Gasteiger partial charge in [-0.15, -0.1) is 0 Å². The second-order valence-corrected chi connectivity index (χ2v) is 6.51. The minimum absolute atomic E-state index is 0.208. The molecule has 1 atom stereocenters. The van der Waals surface area contributed by atoms with E-state index in [1.165, 1.54) is 0 Å². The largest absolute Gasteiger partial charge is 0.444 e. The molecule has 4 heteroatoms. The maximum Gasteiger partial charge on any atom is 0.410 e. The summed E-state index contributed by atoms with van der Waals surface area (Å²) < 4.78 is 5.36. The standard InChI is InChI=1S/C15H29NO3/c1-5-6-7-13(17)12-8-10-16(11-9-12)14(18)19-15(2,3)4/h12-13,17H,5-11H2,1-4H3. The number of carbonyl (C=O) groups is 1. The molecule has 1 heterocycles. The fourth-order valence-corrected chi connectivity index (χ4v) is 2.44. The Morgan fingerprint density at radius 2 is 1.95 bits per heavy atom. The highest BCUT2D eigenvalue weighted by molar-refractivity contribution is 5.68. The van der Waals surface area contributed by atoms with Crippen LogP contribution in [-0.4, -0.2) is 40.9 Å². The van der Waals surface area contributed by atoms with Crippen molar-refractivity contribution < 1.29 is 14.6 Å². The minimum Gasteiger partial charge on any atom is -0.444 e. The molecular formula is C15H29NO3. The number of rotatable bonds is 4. The molecule has 1 saturated heterocycles. The molecule has 1 rings (SSSR count). The van der Waals surface area contributed by atoms with Crippen LogP contribution in [0.25, 0.3) is 0 Å². The van der Waals surface area contributed by atoms with Gasteiger partial charge in [0.15, 0.2) is 0 Å². The zero-order valence-electron chi connectivity index (χ0n) is 12.8. The van der Waals surface area contributed by atoms with E-state index in [0.29, 0.717) is 19.0 Å². The average Bonchev–Trinajstić information content (AvgIpc) is 2.34. The zero-order valence-corrected chi connectivity index (χ0v) is 12.8. The normalized spacial score (nSPS) is 19.3. The van der Waals surface area contributed by atoms with Crippen LogP contribution < -0.4 is 0 Å². The Kier molecular flexibility index (Phi) is 6.11. The van der Waals surface area contributed by atoms with Gasteiger partial charge in [0.1, 0.15) is 5.60 Å². The van der Waals surface area contributed by atoms with E-state index >= 15 is 0 Å². The van der Waals surface area contributed by atoms with Gasteiger partial charge in [0.2, 0.25) is 0 Å². The van der Waals surface area contributed by atoms with E-state index in [1.54, 1.807) is 4.90 Å². The van der Waals surface area contributed by atoms with E-state index in [2.05, 4.69) is 6.92 Å². The maximum absolute atomic E-state index is 11.9. The number of piperidine rings is 1. The molecule has 1 unspecified atom stereocenters. The molecule has 0 spiro atoms. The van der Waals surface area contributed by atoms with E-state index in [-0.39, 0.29) is 12.2 Å². The third kappa shape index (κ3) is 5.81. The highest BCUT2D eigenvalue weighted by Gasteiger charge is 2.29. The number of ether oxygens (including phenoxy) is 1. The topological polar surface area (TPSA) is 49.8 Å². The molecule has 0 bridgehead atoms. The van der Waals surface area contributed by atoms with E-state index in [0.717, 1.165) is 32.1 Å². The van der Waals surface area contributed by atoms with Crippen LogP contribution in [0.15, 0.2) is 0 Å². The minimum atomic E-state index is -0.436. The first-order valence-electron chi connectivity index (χ1n) is 7.49. The van der Waals surface area contributed by atoms with Gasteiger partial charge in [0, 0.05) is 13.1 Å². The molecule has 0 aromatic rings.